The molecular weight excluding hydrogens is 875 g/mol. The van der Waals surface area contributed by atoms with Crippen molar-refractivity contribution < 1.29 is 24.5 Å². The minimum Gasteiger partial charge on any atom is -0.466 e. The monoisotopic (exact) mass is 1000 g/mol. The smallest absolute Gasteiger partial charge is 0.305 e. The number of amides is 1. The van der Waals surface area contributed by atoms with Gasteiger partial charge in [0.25, 0.3) is 0 Å². The third kappa shape index (κ3) is 57.5. The number of carbonyl (C=O) groups excluding carboxylic acids is 2. The zero-order valence-corrected chi connectivity index (χ0v) is 48.0. The summed E-state index contributed by atoms with van der Waals surface area (Å²) in [6.45, 7) is 4.93. The lowest BCUT2D eigenvalue weighted by molar-refractivity contribution is -0.143. The third-order valence-electron chi connectivity index (χ3n) is 15.0. The molecule has 0 saturated carbocycles. The highest BCUT2D eigenvalue weighted by Gasteiger charge is 2.20. The first-order chi connectivity index (χ1) is 35.0. The quantitative estimate of drug-likeness (QED) is 0.0320. The lowest BCUT2D eigenvalue weighted by Crippen LogP contribution is -2.45. The third-order valence-corrected chi connectivity index (χ3v) is 15.0. The molecule has 0 radical (unpaired) electrons. The summed E-state index contributed by atoms with van der Waals surface area (Å²) in [5.41, 5.74) is 0. The maximum Gasteiger partial charge on any atom is 0.305 e. The van der Waals surface area contributed by atoms with E-state index in [0.717, 1.165) is 77.0 Å². The van der Waals surface area contributed by atoms with Crippen molar-refractivity contribution in [2.45, 2.75) is 366 Å². The molecule has 0 spiro atoms. The van der Waals surface area contributed by atoms with Gasteiger partial charge in [0.05, 0.1) is 25.4 Å². The first-order valence-electron chi connectivity index (χ1n) is 32.1. The Bertz CT molecular complexity index is 1110. The van der Waals surface area contributed by atoms with Crippen LogP contribution >= 0.6 is 0 Å². The Kier molecular flexibility index (Phi) is 59.5. The summed E-state index contributed by atoms with van der Waals surface area (Å²) < 4.78 is 5.45. The predicted octanol–water partition coefficient (Wildman–Crippen LogP) is 20.2. The van der Waals surface area contributed by atoms with Crippen LogP contribution in [-0.2, 0) is 14.3 Å². The maximum atomic E-state index is 12.5. The molecule has 0 rings (SSSR count). The van der Waals surface area contributed by atoms with E-state index >= 15 is 0 Å². The van der Waals surface area contributed by atoms with Crippen LogP contribution in [0.3, 0.4) is 0 Å². The number of allylic oxidation sites excluding steroid dienone is 4. The van der Waals surface area contributed by atoms with Gasteiger partial charge in [-0.05, 0) is 57.8 Å². The van der Waals surface area contributed by atoms with Gasteiger partial charge >= 0.3 is 5.97 Å². The molecule has 0 aliphatic heterocycles. The van der Waals surface area contributed by atoms with Crippen molar-refractivity contribution in [1.82, 2.24) is 5.32 Å². The fourth-order valence-electron chi connectivity index (χ4n) is 10.1. The van der Waals surface area contributed by atoms with Crippen LogP contribution in [0.5, 0.6) is 0 Å². The van der Waals surface area contributed by atoms with Gasteiger partial charge < -0.3 is 20.3 Å². The second kappa shape index (κ2) is 60.9. The van der Waals surface area contributed by atoms with E-state index < -0.39 is 12.1 Å². The van der Waals surface area contributed by atoms with Gasteiger partial charge in [-0.2, -0.15) is 0 Å². The van der Waals surface area contributed by atoms with Crippen LogP contribution < -0.4 is 5.32 Å². The molecule has 2 atom stereocenters. The number of aliphatic hydroxyl groups excluding tert-OH is 2. The number of rotatable bonds is 60. The van der Waals surface area contributed by atoms with Crippen LogP contribution in [0.15, 0.2) is 24.3 Å². The minimum atomic E-state index is -0.680. The number of ether oxygens (including phenoxy) is 1. The summed E-state index contributed by atoms with van der Waals surface area (Å²) in [6.07, 6.45) is 74.8. The molecule has 71 heavy (non-hydrogen) atoms. The normalized spacial score (nSPS) is 12.7. The maximum absolute atomic E-state index is 12.5. The molecule has 0 heterocycles. The molecule has 6 nitrogen and oxygen atoms in total. The Morgan fingerprint density at radius 2 is 0.690 bits per heavy atom. The van der Waals surface area contributed by atoms with Crippen LogP contribution in [0, 0.1) is 0 Å². The molecule has 0 aliphatic carbocycles. The fraction of sp³-hybridized carbons (Fsp3) is 0.908. The number of unbranched alkanes of at least 4 members (excludes halogenated alkanes) is 46. The average Bonchev–Trinajstić information content (AvgIpc) is 3.37. The van der Waals surface area contributed by atoms with E-state index in [1.807, 2.05) is 0 Å². The zero-order chi connectivity index (χ0) is 51.4. The Morgan fingerprint density at radius 3 is 1.04 bits per heavy atom. The van der Waals surface area contributed by atoms with E-state index in [0.29, 0.717) is 25.9 Å². The van der Waals surface area contributed by atoms with E-state index in [9.17, 15) is 19.8 Å². The van der Waals surface area contributed by atoms with Gasteiger partial charge in [-0.1, -0.05) is 308 Å². The Hall–Kier alpha value is -1.66. The van der Waals surface area contributed by atoms with E-state index in [-0.39, 0.29) is 18.5 Å². The molecular formula is C65H125NO5. The van der Waals surface area contributed by atoms with Crippen molar-refractivity contribution in [1.29, 1.82) is 0 Å². The highest BCUT2D eigenvalue weighted by Crippen LogP contribution is 2.18. The molecule has 6 heteroatoms. The van der Waals surface area contributed by atoms with Crippen LogP contribution in [-0.4, -0.2) is 47.4 Å². The second-order valence-corrected chi connectivity index (χ2v) is 22.1. The van der Waals surface area contributed by atoms with Crippen molar-refractivity contribution >= 4 is 11.9 Å². The number of hydrogen-bond donors (Lipinski definition) is 3. The molecule has 0 aromatic carbocycles. The van der Waals surface area contributed by atoms with E-state index in [4.69, 9.17) is 4.74 Å². The lowest BCUT2D eigenvalue weighted by atomic mass is 10.0. The highest BCUT2D eigenvalue weighted by atomic mass is 16.5. The topological polar surface area (TPSA) is 95.9 Å². The Balaban J connectivity index is 3.49. The summed E-state index contributed by atoms with van der Waals surface area (Å²) in [4.78, 5) is 24.6. The van der Waals surface area contributed by atoms with Crippen LogP contribution in [0.1, 0.15) is 354 Å². The minimum absolute atomic E-state index is 0.0184. The summed E-state index contributed by atoms with van der Waals surface area (Å²) >= 11 is 0. The van der Waals surface area contributed by atoms with Gasteiger partial charge in [-0.3, -0.25) is 9.59 Å². The summed E-state index contributed by atoms with van der Waals surface area (Å²) in [5.74, 6) is -0.0718. The van der Waals surface area contributed by atoms with Crippen molar-refractivity contribution in [2.75, 3.05) is 13.2 Å². The van der Waals surface area contributed by atoms with Gasteiger partial charge in [0.2, 0.25) is 5.91 Å². The zero-order valence-electron chi connectivity index (χ0n) is 48.0. The lowest BCUT2D eigenvalue weighted by Gasteiger charge is -2.22. The first-order valence-corrected chi connectivity index (χ1v) is 32.1. The van der Waals surface area contributed by atoms with Crippen molar-refractivity contribution in [3.63, 3.8) is 0 Å². The molecule has 0 aromatic heterocycles. The molecule has 0 fully saturated rings. The number of carbonyl (C=O) groups is 2. The predicted molar refractivity (Wildman–Crippen MR) is 310 cm³/mol. The summed E-state index contributed by atoms with van der Waals surface area (Å²) in [5, 5.41) is 23.4. The van der Waals surface area contributed by atoms with Gasteiger partial charge in [0.15, 0.2) is 0 Å². The van der Waals surface area contributed by atoms with E-state index in [2.05, 4.69) is 43.5 Å². The molecule has 2 unspecified atom stereocenters. The first kappa shape index (κ1) is 69.3. The molecule has 0 bridgehead atoms. The molecule has 0 aliphatic rings. The van der Waals surface area contributed by atoms with Crippen molar-refractivity contribution in [2.24, 2.45) is 0 Å². The van der Waals surface area contributed by atoms with Crippen LogP contribution in [0.4, 0.5) is 0 Å². The van der Waals surface area contributed by atoms with Crippen molar-refractivity contribution in [3.05, 3.63) is 24.3 Å². The Morgan fingerprint density at radius 1 is 0.394 bits per heavy atom. The fourth-order valence-corrected chi connectivity index (χ4v) is 10.1. The molecule has 0 aromatic rings. The van der Waals surface area contributed by atoms with Crippen LogP contribution in [0.25, 0.3) is 0 Å². The van der Waals surface area contributed by atoms with Crippen molar-refractivity contribution in [3.8, 4) is 0 Å². The van der Waals surface area contributed by atoms with E-state index in [1.54, 1.807) is 0 Å². The SMILES string of the molecule is CCCCCCCCCCCCCCCCCCCCCCCCCCCC(O)C(CO)NC(=O)CCCCCCCC/C=C\C=C/CCCCCOC(=O)CCCCCCCCCCCCCCCC. The highest BCUT2D eigenvalue weighted by molar-refractivity contribution is 5.76. The van der Waals surface area contributed by atoms with Gasteiger partial charge in [0, 0.05) is 12.8 Å². The number of nitrogens with one attached hydrogen (secondary N) is 1. The number of esters is 1. The summed E-state index contributed by atoms with van der Waals surface area (Å²) in [6, 6.07) is -0.559. The average molecular weight is 1000 g/mol. The van der Waals surface area contributed by atoms with Gasteiger partial charge in [0.1, 0.15) is 0 Å². The van der Waals surface area contributed by atoms with Crippen LogP contribution in [0.2, 0.25) is 0 Å². The Labute approximate surface area is 443 Å². The largest absolute Gasteiger partial charge is 0.466 e. The standard InChI is InChI=1S/C65H125NO5/c1-3-5-7-9-11-13-15-17-19-20-21-22-23-24-25-26-27-28-30-33-37-41-45-49-53-57-63(68)62(61-67)66-64(69)58-54-50-46-42-38-34-31-29-32-36-40-44-48-52-56-60-71-65(70)59-55-51-47-43-39-35-18-16-14-12-10-8-6-4-2/h29,32,36,40,62-63,67-68H,3-28,30-31,33-35,37-39,41-61H2,1-2H3,(H,66,69)/b32-29-,40-36-. The second-order valence-electron chi connectivity index (χ2n) is 22.1. The van der Waals surface area contributed by atoms with Gasteiger partial charge in [-0.25, -0.2) is 0 Å². The van der Waals surface area contributed by atoms with Gasteiger partial charge in [-0.15, -0.1) is 0 Å². The number of aliphatic hydroxyl groups is 2. The molecule has 1 amide bonds. The number of hydrogen-bond acceptors (Lipinski definition) is 5. The van der Waals surface area contributed by atoms with E-state index in [1.165, 1.54) is 244 Å². The summed E-state index contributed by atoms with van der Waals surface area (Å²) in [7, 11) is 0. The molecule has 3 N–H and O–H groups in total. The molecule has 420 valence electrons. The molecule has 0 saturated heterocycles.